The summed E-state index contributed by atoms with van der Waals surface area (Å²) in [5, 5.41) is 13.7. The first kappa shape index (κ1) is 27.8. The van der Waals surface area contributed by atoms with E-state index in [1.54, 1.807) is 21.8 Å². The van der Waals surface area contributed by atoms with Crippen LogP contribution in [0.4, 0.5) is 26.1 Å². The van der Waals surface area contributed by atoms with Crippen molar-refractivity contribution in [2.24, 2.45) is 5.41 Å². The van der Waals surface area contributed by atoms with Gasteiger partial charge in [-0.05, 0) is 68.7 Å². The summed E-state index contributed by atoms with van der Waals surface area (Å²) < 4.78 is 57.2. The van der Waals surface area contributed by atoms with Gasteiger partial charge in [0.15, 0.2) is 0 Å². The fourth-order valence-electron chi connectivity index (χ4n) is 5.85. The molecule has 0 radical (unpaired) electrons. The van der Waals surface area contributed by atoms with Gasteiger partial charge in [-0.15, -0.1) is 0 Å². The molecule has 3 aliphatic rings. The molecule has 2 N–H and O–H groups in total. The molecule has 0 amide bonds. The summed E-state index contributed by atoms with van der Waals surface area (Å²) in [6.45, 7) is 3.16. The molecule has 0 bridgehead atoms. The van der Waals surface area contributed by atoms with E-state index in [1.165, 1.54) is 12.8 Å². The molecule has 0 atom stereocenters. The predicted molar refractivity (Wildman–Crippen MR) is 153 cm³/mol. The van der Waals surface area contributed by atoms with Crippen molar-refractivity contribution in [3.8, 4) is 16.9 Å². The predicted octanol–water partition coefficient (Wildman–Crippen LogP) is 3.99. The van der Waals surface area contributed by atoms with E-state index in [2.05, 4.69) is 24.7 Å². The van der Waals surface area contributed by atoms with Crippen LogP contribution in [0.1, 0.15) is 44.2 Å². The fraction of sp³-hybridized carbons (Fsp3) is 0.536. The van der Waals surface area contributed by atoms with E-state index in [0.717, 1.165) is 42.9 Å². The van der Waals surface area contributed by atoms with E-state index in [9.17, 15) is 17.2 Å². The van der Waals surface area contributed by atoms with Crippen LogP contribution < -0.4 is 14.5 Å². The Morgan fingerprint density at radius 3 is 2.49 bits per heavy atom. The van der Waals surface area contributed by atoms with Gasteiger partial charge in [0.05, 0.1) is 47.9 Å². The van der Waals surface area contributed by atoms with E-state index >= 15 is 0 Å². The van der Waals surface area contributed by atoms with Gasteiger partial charge in [-0.25, -0.2) is 31.8 Å². The lowest BCUT2D eigenvalue weighted by molar-refractivity contribution is -0.0120. The topological polar surface area (TPSA) is 116 Å². The van der Waals surface area contributed by atoms with E-state index in [4.69, 9.17) is 5.11 Å². The number of anilines is 3. The molecule has 2 aromatic heterocycles. The average molecular weight is 588 g/mol. The van der Waals surface area contributed by atoms with E-state index in [-0.39, 0.29) is 18.1 Å². The Hall–Kier alpha value is -3.32. The molecule has 2 saturated heterocycles. The maximum atomic E-state index is 14.1. The number of piperidine rings is 2. The van der Waals surface area contributed by atoms with E-state index < -0.39 is 29.1 Å². The molecular formula is C28H35F2N7O3S. The number of benzene rings is 1. The summed E-state index contributed by atoms with van der Waals surface area (Å²) in [5.74, 6) is -2.86. The Morgan fingerprint density at radius 1 is 1.00 bits per heavy atom. The van der Waals surface area contributed by atoms with Gasteiger partial charge in [-0.1, -0.05) is 0 Å². The van der Waals surface area contributed by atoms with Gasteiger partial charge >= 0.3 is 0 Å². The number of alkyl halides is 2. The van der Waals surface area contributed by atoms with Gasteiger partial charge in [-0.2, -0.15) is 5.10 Å². The molecule has 13 heteroatoms. The van der Waals surface area contributed by atoms with Crippen molar-refractivity contribution < 1.29 is 22.3 Å². The molecule has 2 aliphatic heterocycles. The number of hydrogen-bond donors (Lipinski definition) is 2. The molecular weight excluding hydrogens is 552 g/mol. The monoisotopic (exact) mass is 587 g/mol. The van der Waals surface area contributed by atoms with Crippen molar-refractivity contribution >= 4 is 27.3 Å². The maximum Gasteiger partial charge on any atom is 0.265 e. The highest BCUT2D eigenvalue weighted by atomic mass is 32.2. The molecule has 4 heterocycles. The quantitative estimate of drug-likeness (QED) is 0.407. The molecule has 10 nitrogen and oxygen atoms in total. The minimum atomic E-state index is -3.68. The van der Waals surface area contributed by atoms with Crippen molar-refractivity contribution in [2.45, 2.75) is 51.4 Å². The van der Waals surface area contributed by atoms with Gasteiger partial charge in [0.1, 0.15) is 0 Å². The van der Waals surface area contributed by atoms with Gasteiger partial charge in [0, 0.05) is 43.5 Å². The number of rotatable bonds is 8. The van der Waals surface area contributed by atoms with Crippen LogP contribution in [0.15, 0.2) is 36.7 Å². The summed E-state index contributed by atoms with van der Waals surface area (Å²) in [6.07, 6.45) is 8.51. The largest absolute Gasteiger partial charge is 0.395 e. The standard InChI is InChI=1S/C28H35F2N7O3S/c1-20-15-23(33-26(32-20)36-10-2-5-28(29,30)19-36)21-17-31-37(18-21)24-4-3-22(34-41(39,40)14-13-38)16-25(24)35-11-8-27(6-7-27)9-12-35/h3-4,15-18,34,38H,2,5-14,19H2,1H3. The van der Waals surface area contributed by atoms with Crippen LogP contribution in [0.2, 0.25) is 0 Å². The number of aryl methyl sites for hydroxylation is 1. The smallest absolute Gasteiger partial charge is 0.265 e. The summed E-state index contributed by atoms with van der Waals surface area (Å²) in [6, 6.07) is 7.15. The molecule has 1 saturated carbocycles. The lowest BCUT2D eigenvalue weighted by atomic mass is 9.93. The molecule has 3 fully saturated rings. The summed E-state index contributed by atoms with van der Waals surface area (Å²) in [5.41, 5.74) is 4.52. The number of aliphatic hydroxyl groups excluding tert-OH is 1. The number of hydrogen-bond acceptors (Lipinski definition) is 8. The Balaban J connectivity index is 1.32. The van der Waals surface area contributed by atoms with Crippen molar-refractivity contribution in [2.75, 3.05) is 53.1 Å². The lowest BCUT2D eigenvalue weighted by Crippen LogP contribution is -2.43. The molecule has 1 aliphatic carbocycles. The number of halogens is 2. The van der Waals surface area contributed by atoms with Crippen LogP contribution in [0, 0.1) is 12.3 Å². The second-order valence-electron chi connectivity index (χ2n) is 11.6. The average Bonchev–Trinajstić information content (AvgIpc) is 3.48. The zero-order valence-electron chi connectivity index (χ0n) is 23.1. The van der Waals surface area contributed by atoms with Crippen molar-refractivity contribution in [3.05, 3.63) is 42.4 Å². The zero-order valence-corrected chi connectivity index (χ0v) is 23.9. The molecule has 6 rings (SSSR count). The first-order valence-electron chi connectivity index (χ1n) is 14.1. The van der Waals surface area contributed by atoms with Crippen LogP contribution in [0.5, 0.6) is 0 Å². The Morgan fingerprint density at radius 2 is 1.78 bits per heavy atom. The van der Waals surface area contributed by atoms with Gasteiger partial charge in [-0.3, -0.25) is 4.72 Å². The molecule has 0 unspecified atom stereocenters. The molecule has 1 spiro atoms. The van der Waals surface area contributed by atoms with Crippen molar-refractivity contribution in [3.63, 3.8) is 0 Å². The third-order valence-corrected chi connectivity index (χ3v) is 9.64. The fourth-order valence-corrected chi connectivity index (χ4v) is 6.68. The number of aliphatic hydroxyl groups is 1. The second-order valence-corrected chi connectivity index (χ2v) is 13.4. The summed E-state index contributed by atoms with van der Waals surface area (Å²) >= 11 is 0. The number of nitrogens with one attached hydrogen (secondary N) is 1. The van der Waals surface area contributed by atoms with E-state index in [1.807, 2.05) is 31.3 Å². The number of aromatic nitrogens is 4. The van der Waals surface area contributed by atoms with Crippen LogP contribution in [0.3, 0.4) is 0 Å². The summed E-state index contributed by atoms with van der Waals surface area (Å²) in [7, 11) is -3.68. The minimum absolute atomic E-state index is 0.128. The first-order chi connectivity index (χ1) is 19.5. The minimum Gasteiger partial charge on any atom is -0.395 e. The first-order valence-corrected chi connectivity index (χ1v) is 15.7. The third-order valence-electron chi connectivity index (χ3n) is 8.37. The maximum absolute atomic E-state index is 14.1. The summed E-state index contributed by atoms with van der Waals surface area (Å²) in [4.78, 5) is 12.9. The number of nitrogens with zero attached hydrogens (tertiary/aromatic N) is 6. The third kappa shape index (κ3) is 6.15. The van der Waals surface area contributed by atoms with E-state index in [0.29, 0.717) is 35.5 Å². The van der Waals surface area contributed by atoms with Crippen LogP contribution in [-0.2, 0) is 10.0 Å². The second kappa shape index (κ2) is 10.5. The highest BCUT2D eigenvalue weighted by Gasteiger charge is 2.44. The van der Waals surface area contributed by atoms with Gasteiger partial charge in [0.25, 0.3) is 5.92 Å². The Labute approximate surface area is 238 Å². The molecule has 3 aromatic rings. The highest BCUT2D eigenvalue weighted by molar-refractivity contribution is 7.92. The van der Waals surface area contributed by atoms with Gasteiger partial charge in [0.2, 0.25) is 16.0 Å². The van der Waals surface area contributed by atoms with Crippen LogP contribution >= 0.6 is 0 Å². The van der Waals surface area contributed by atoms with Gasteiger partial charge < -0.3 is 14.9 Å². The zero-order chi connectivity index (χ0) is 28.8. The normalized spacial score (nSPS) is 19.9. The molecule has 41 heavy (non-hydrogen) atoms. The molecule has 220 valence electrons. The van der Waals surface area contributed by atoms with Crippen LogP contribution in [0.25, 0.3) is 16.9 Å². The van der Waals surface area contributed by atoms with Crippen molar-refractivity contribution in [1.29, 1.82) is 0 Å². The SMILES string of the molecule is Cc1cc(-c2cnn(-c3ccc(NS(=O)(=O)CCO)cc3N3CCC4(CC3)CC4)c2)nc(N2CCCC(F)(F)C2)n1. The highest BCUT2D eigenvalue weighted by Crippen LogP contribution is 2.54. The molecule has 1 aromatic carbocycles. The lowest BCUT2D eigenvalue weighted by Gasteiger charge is -2.35. The Bertz CT molecular complexity index is 1530. The van der Waals surface area contributed by atoms with Crippen molar-refractivity contribution in [1.82, 2.24) is 19.7 Å². The number of sulfonamides is 1. The Kier molecular flexibility index (Phi) is 7.13. The van der Waals surface area contributed by atoms with Crippen LogP contribution in [-0.4, -0.2) is 77.7 Å².